The van der Waals surface area contributed by atoms with Crippen molar-refractivity contribution in [3.05, 3.63) is 24.0 Å². The quantitative estimate of drug-likeness (QED) is 0.860. The van der Waals surface area contributed by atoms with Crippen LogP contribution in [0.4, 0.5) is 0 Å². The first kappa shape index (κ1) is 12.8. The molecule has 2 heterocycles. The lowest BCUT2D eigenvalue weighted by molar-refractivity contribution is 0.0691. The minimum atomic E-state index is -0.981. The van der Waals surface area contributed by atoms with Crippen LogP contribution in [0.15, 0.2) is 18.5 Å². The monoisotopic (exact) mass is 250 g/mol. The number of hydrogen-bond donors (Lipinski definition) is 1. The molecule has 1 aliphatic rings. The van der Waals surface area contributed by atoms with E-state index in [1.807, 2.05) is 0 Å². The number of aromatic carboxylic acids is 1. The summed E-state index contributed by atoms with van der Waals surface area (Å²) in [5, 5.41) is 9.00. The molecular weight excluding hydrogens is 232 g/mol. The lowest BCUT2D eigenvalue weighted by atomic mass is 10.1. The number of nitrogens with zero attached hydrogens (tertiary/aromatic N) is 2. The smallest absolute Gasteiger partial charge is 0.339 e. The molecule has 1 aliphatic heterocycles. The summed E-state index contributed by atoms with van der Waals surface area (Å²) in [5.41, 5.74) is 0.171. The minimum Gasteiger partial charge on any atom is -0.491 e. The van der Waals surface area contributed by atoms with Crippen molar-refractivity contribution < 1.29 is 14.6 Å². The van der Waals surface area contributed by atoms with E-state index in [0.29, 0.717) is 18.4 Å². The zero-order chi connectivity index (χ0) is 13.0. The van der Waals surface area contributed by atoms with Gasteiger partial charge in [0.15, 0.2) is 5.75 Å². The molecule has 0 bridgehead atoms. The first-order valence-electron chi connectivity index (χ1n) is 6.19. The average Bonchev–Trinajstić information content (AvgIpc) is 2.76. The van der Waals surface area contributed by atoms with Gasteiger partial charge in [-0.25, -0.2) is 4.79 Å². The van der Waals surface area contributed by atoms with Gasteiger partial charge in [0.25, 0.3) is 0 Å². The molecule has 0 saturated carbocycles. The van der Waals surface area contributed by atoms with Crippen LogP contribution in [-0.4, -0.2) is 47.2 Å². The van der Waals surface area contributed by atoms with Crippen LogP contribution in [0.5, 0.6) is 5.75 Å². The predicted molar refractivity (Wildman–Crippen MR) is 67.0 cm³/mol. The van der Waals surface area contributed by atoms with Gasteiger partial charge in [0, 0.05) is 12.2 Å². The number of likely N-dealkylation sites (tertiary alicyclic amines) is 1. The van der Waals surface area contributed by atoms with Crippen LogP contribution in [0.25, 0.3) is 0 Å². The fraction of sp³-hybridized carbons (Fsp3) is 0.538. The second-order valence-electron chi connectivity index (χ2n) is 4.59. The molecule has 1 fully saturated rings. The Morgan fingerprint density at radius 3 is 3.17 bits per heavy atom. The Kier molecular flexibility index (Phi) is 4.15. The molecule has 1 aromatic rings. The molecule has 2 rings (SSSR count). The summed E-state index contributed by atoms with van der Waals surface area (Å²) in [6.45, 7) is 1.67. The van der Waals surface area contributed by atoms with Gasteiger partial charge in [-0.1, -0.05) is 0 Å². The van der Waals surface area contributed by atoms with Crippen LogP contribution in [-0.2, 0) is 0 Å². The molecular formula is C13H18N2O3. The molecule has 1 saturated heterocycles. The molecule has 18 heavy (non-hydrogen) atoms. The zero-order valence-corrected chi connectivity index (χ0v) is 10.5. The largest absolute Gasteiger partial charge is 0.491 e. The van der Waals surface area contributed by atoms with Gasteiger partial charge in [0.05, 0.1) is 12.8 Å². The summed E-state index contributed by atoms with van der Waals surface area (Å²) in [6.07, 6.45) is 6.26. The van der Waals surface area contributed by atoms with Crippen molar-refractivity contribution in [2.45, 2.75) is 25.3 Å². The number of hydrogen-bond acceptors (Lipinski definition) is 4. The number of carboxylic acid groups (broad SMARTS) is 1. The van der Waals surface area contributed by atoms with E-state index in [1.165, 1.54) is 31.3 Å². The number of aromatic nitrogens is 1. The zero-order valence-electron chi connectivity index (χ0n) is 10.5. The van der Waals surface area contributed by atoms with Gasteiger partial charge >= 0.3 is 5.97 Å². The van der Waals surface area contributed by atoms with Gasteiger partial charge in [-0.05, 0) is 38.9 Å². The molecule has 5 nitrogen and oxygen atoms in total. The lowest BCUT2D eigenvalue weighted by Gasteiger charge is -2.19. The Morgan fingerprint density at radius 1 is 1.67 bits per heavy atom. The molecule has 1 aromatic heterocycles. The number of carbonyl (C=O) groups is 1. The highest BCUT2D eigenvalue weighted by Gasteiger charge is 2.20. The van der Waals surface area contributed by atoms with E-state index in [9.17, 15) is 4.79 Å². The molecule has 0 spiro atoms. The van der Waals surface area contributed by atoms with E-state index in [1.54, 1.807) is 0 Å². The van der Waals surface area contributed by atoms with Crippen molar-refractivity contribution in [1.29, 1.82) is 0 Å². The van der Waals surface area contributed by atoms with E-state index in [2.05, 4.69) is 16.9 Å². The van der Waals surface area contributed by atoms with E-state index in [4.69, 9.17) is 9.84 Å². The summed E-state index contributed by atoms with van der Waals surface area (Å²) in [7, 11) is 2.12. The van der Waals surface area contributed by atoms with E-state index >= 15 is 0 Å². The van der Waals surface area contributed by atoms with E-state index < -0.39 is 5.97 Å². The number of ether oxygens (including phenoxy) is 1. The predicted octanol–water partition coefficient (Wildman–Crippen LogP) is 1.64. The molecule has 0 aromatic carbocycles. The summed E-state index contributed by atoms with van der Waals surface area (Å²) in [5.74, 6) is -0.629. The van der Waals surface area contributed by atoms with Crippen molar-refractivity contribution in [2.24, 2.45) is 0 Å². The lowest BCUT2D eigenvalue weighted by Crippen LogP contribution is -2.26. The number of rotatable bonds is 5. The average molecular weight is 250 g/mol. The Bertz CT molecular complexity index is 422. The molecule has 98 valence electrons. The third-order valence-electron chi connectivity index (χ3n) is 3.40. The minimum absolute atomic E-state index is 0.171. The molecule has 5 heteroatoms. The number of pyridine rings is 1. The van der Waals surface area contributed by atoms with Gasteiger partial charge < -0.3 is 14.7 Å². The highest BCUT2D eigenvalue weighted by Crippen LogP contribution is 2.20. The van der Waals surface area contributed by atoms with Gasteiger partial charge in [-0.2, -0.15) is 0 Å². The van der Waals surface area contributed by atoms with Crippen molar-refractivity contribution in [3.8, 4) is 5.75 Å². The van der Waals surface area contributed by atoms with Crippen LogP contribution in [0, 0.1) is 0 Å². The Hall–Kier alpha value is -1.62. The maximum atomic E-state index is 11.0. The van der Waals surface area contributed by atoms with Crippen molar-refractivity contribution in [2.75, 3.05) is 20.2 Å². The fourth-order valence-corrected chi connectivity index (χ4v) is 2.32. The highest BCUT2D eigenvalue weighted by molar-refractivity contribution is 5.90. The first-order valence-corrected chi connectivity index (χ1v) is 6.19. The van der Waals surface area contributed by atoms with Crippen LogP contribution in [0.3, 0.4) is 0 Å². The molecule has 1 atom stereocenters. The van der Waals surface area contributed by atoms with Gasteiger partial charge in [-0.15, -0.1) is 0 Å². The first-order chi connectivity index (χ1) is 8.68. The van der Waals surface area contributed by atoms with Crippen molar-refractivity contribution in [1.82, 2.24) is 9.88 Å². The summed E-state index contributed by atoms with van der Waals surface area (Å²) < 4.78 is 5.54. The summed E-state index contributed by atoms with van der Waals surface area (Å²) in [6, 6.07) is 2.01. The van der Waals surface area contributed by atoms with Crippen LogP contribution < -0.4 is 4.74 Å². The van der Waals surface area contributed by atoms with E-state index in [-0.39, 0.29) is 5.56 Å². The Labute approximate surface area is 106 Å². The molecule has 1 unspecified atom stereocenters. The van der Waals surface area contributed by atoms with Crippen molar-refractivity contribution >= 4 is 5.97 Å². The van der Waals surface area contributed by atoms with E-state index in [0.717, 1.165) is 13.0 Å². The second-order valence-corrected chi connectivity index (χ2v) is 4.59. The third-order valence-corrected chi connectivity index (χ3v) is 3.40. The Balaban J connectivity index is 1.88. The van der Waals surface area contributed by atoms with Gasteiger partial charge in [0.1, 0.15) is 5.56 Å². The van der Waals surface area contributed by atoms with Gasteiger partial charge in [-0.3, -0.25) is 4.98 Å². The van der Waals surface area contributed by atoms with Crippen LogP contribution in [0.1, 0.15) is 29.6 Å². The maximum Gasteiger partial charge on any atom is 0.339 e. The molecule has 0 aliphatic carbocycles. The summed E-state index contributed by atoms with van der Waals surface area (Å²) >= 11 is 0. The molecule has 0 radical (unpaired) electrons. The molecule has 1 N–H and O–H groups in total. The van der Waals surface area contributed by atoms with Gasteiger partial charge in [0.2, 0.25) is 0 Å². The van der Waals surface area contributed by atoms with Crippen LogP contribution >= 0.6 is 0 Å². The van der Waals surface area contributed by atoms with Crippen LogP contribution in [0.2, 0.25) is 0 Å². The fourth-order valence-electron chi connectivity index (χ4n) is 2.32. The summed E-state index contributed by atoms with van der Waals surface area (Å²) in [4.78, 5) is 17.2. The highest BCUT2D eigenvalue weighted by atomic mass is 16.5. The third kappa shape index (κ3) is 2.98. The number of carboxylic acids is 1. The maximum absolute atomic E-state index is 11.0. The topological polar surface area (TPSA) is 62.7 Å². The van der Waals surface area contributed by atoms with Crippen molar-refractivity contribution in [3.63, 3.8) is 0 Å². The standard InChI is InChI=1S/C13H18N2O3/c1-15-7-2-3-10(15)5-8-18-12-9-14-6-4-11(12)13(16)17/h4,6,9-10H,2-3,5,7-8H2,1H3,(H,16,17). The Morgan fingerprint density at radius 2 is 2.50 bits per heavy atom. The molecule has 0 amide bonds. The SMILES string of the molecule is CN1CCCC1CCOc1cnccc1C(=O)O. The normalized spacial score (nSPS) is 19.9. The second kappa shape index (κ2) is 5.82.